The zero-order chi connectivity index (χ0) is 14.7. The molecule has 127 valence electrons. The SMILES string of the molecule is CCC1=[C]([Zr]=[C]2CCCCC2)CC(C2=CC=CC2)=C1CC.Cl.Cl. The maximum atomic E-state index is 2.38. The quantitative estimate of drug-likeness (QED) is 0.464. The van der Waals surface area contributed by atoms with Crippen molar-refractivity contribution in [1.29, 1.82) is 0 Å². The van der Waals surface area contributed by atoms with E-state index in [2.05, 4.69) is 32.1 Å². The largest absolute Gasteiger partial charge is 0.147 e. The Morgan fingerprint density at radius 2 is 1.65 bits per heavy atom. The molecule has 0 radical (unpaired) electrons. The Morgan fingerprint density at radius 1 is 0.957 bits per heavy atom. The van der Waals surface area contributed by atoms with Crippen LogP contribution in [0.3, 0.4) is 0 Å². The molecule has 0 atom stereocenters. The Bertz CT molecular complexity index is 568. The molecule has 0 heterocycles. The molecule has 0 saturated heterocycles. The fourth-order valence-electron chi connectivity index (χ4n) is 4.02. The van der Waals surface area contributed by atoms with Crippen molar-refractivity contribution < 1.29 is 22.8 Å². The minimum absolute atomic E-state index is 0. The molecule has 23 heavy (non-hydrogen) atoms. The van der Waals surface area contributed by atoms with E-state index in [9.17, 15) is 0 Å². The van der Waals surface area contributed by atoms with Crippen LogP contribution in [0.25, 0.3) is 0 Å². The summed E-state index contributed by atoms with van der Waals surface area (Å²) >= 11 is -0.425. The molecule has 0 nitrogen and oxygen atoms in total. The minimum atomic E-state index is -0.425. The van der Waals surface area contributed by atoms with Crippen LogP contribution in [0.2, 0.25) is 0 Å². The van der Waals surface area contributed by atoms with Crippen molar-refractivity contribution in [2.45, 2.75) is 71.6 Å². The summed E-state index contributed by atoms with van der Waals surface area (Å²) in [6.45, 7) is 4.73. The Kier molecular flexibility index (Phi) is 9.57. The average molecular weight is 432 g/mol. The third kappa shape index (κ3) is 4.90. The Morgan fingerprint density at radius 3 is 2.22 bits per heavy atom. The van der Waals surface area contributed by atoms with E-state index < -0.39 is 22.8 Å². The zero-order valence-electron chi connectivity index (χ0n) is 14.4. The molecular formula is C20H29Cl2Zr. The second kappa shape index (κ2) is 10.3. The van der Waals surface area contributed by atoms with E-state index >= 15 is 0 Å². The molecule has 0 bridgehead atoms. The summed E-state index contributed by atoms with van der Waals surface area (Å²) < 4.78 is 3.93. The van der Waals surface area contributed by atoms with Gasteiger partial charge in [0.25, 0.3) is 0 Å². The molecule has 0 aliphatic heterocycles. The van der Waals surface area contributed by atoms with E-state index in [-0.39, 0.29) is 24.8 Å². The molecule has 1 fully saturated rings. The fourth-order valence-corrected chi connectivity index (χ4v) is 8.38. The summed E-state index contributed by atoms with van der Waals surface area (Å²) in [4.78, 5) is 0. The zero-order valence-corrected chi connectivity index (χ0v) is 18.5. The minimum Gasteiger partial charge on any atom is -0.147 e. The van der Waals surface area contributed by atoms with Gasteiger partial charge in [-0.25, -0.2) is 0 Å². The van der Waals surface area contributed by atoms with Gasteiger partial charge in [0.1, 0.15) is 0 Å². The van der Waals surface area contributed by atoms with Crippen molar-refractivity contribution in [3.63, 3.8) is 0 Å². The Balaban J connectivity index is 0.00000132. The van der Waals surface area contributed by atoms with Crippen molar-refractivity contribution in [3.05, 3.63) is 43.8 Å². The molecule has 1 saturated carbocycles. The van der Waals surface area contributed by atoms with Gasteiger partial charge in [-0.15, -0.1) is 24.8 Å². The predicted octanol–water partition coefficient (Wildman–Crippen LogP) is 6.71. The summed E-state index contributed by atoms with van der Waals surface area (Å²) in [5, 5.41) is 0. The van der Waals surface area contributed by atoms with Crippen LogP contribution in [0.15, 0.2) is 43.8 Å². The third-order valence-electron chi connectivity index (χ3n) is 5.10. The van der Waals surface area contributed by atoms with Crippen molar-refractivity contribution in [3.8, 4) is 0 Å². The van der Waals surface area contributed by atoms with Crippen molar-refractivity contribution in [2.75, 3.05) is 0 Å². The normalized spacial score (nSPS) is 20.3. The van der Waals surface area contributed by atoms with Crippen molar-refractivity contribution in [2.24, 2.45) is 0 Å². The van der Waals surface area contributed by atoms with Gasteiger partial charge in [-0.3, -0.25) is 0 Å². The maximum absolute atomic E-state index is 2.38. The number of hydrogen-bond acceptors (Lipinski definition) is 0. The van der Waals surface area contributed by atoms with Crippen LogP contribution in [0.4, 0.5) is 0 Å². The molecule has 0 aromatic rings. The smallest absolute Gasteiger partial charge is 0.147 e. The predicted molar refractivity (Wildman–Crippen MR) is 104 cm³/mol. The van der Waals surface area contributed by atoms with Crippen LogP contribution in [0.5, 0.6) is 0 Å². The number of allylic oxidation sites excluding steroid dienone is 8. The molecule has 3 aliphatic rings. The Labute approximate surface area is 165 Å². The monoisotopic (exact) mass is 429 g/mol. The molecule has 3 rings (SSSR count). The molecule has 0 N–H and O–H groups in total. The first kappa shape index (κ1) is 21.3. The molecule has 0 amide bonds. The first-order valence-electron chi connectivity index (χ1n) is 8.75. The molecule has 0 aromatic heterocycles. The van der Waals surface area contributed by atoms with Gasteiger partial charge in [-0.05, 0) is 0 Å². The standard InChI is InChI=1S/C14H17.C6H10.2ClH.Zr/c1-3-11-9-10-14(13(11)4-2)12-7-5-6-8-12;1-2-4-6-5-3-1;;;/h5-7H,3-4,8,10H2,1-2H3;1-5H2;2*1H;. The van der Waals surface area contributed by atoms with Crippen LogP contribution < -0.4 is 0 Å². The Hall–Kier alpha value is 0.293. The van der Waals surface area contributed by atoms with Gasteiger partial charge < -0.3 is 0 Å². The summed E-state index contributed by atoms with van der Waals surface area (Å²) in [6.07, 6.45) is 19.3. The summed E-state index contributed by atoms with van der Waals surface area (Å²) in [5.74, 6) is 0. The summed E-state index contributed by atoms with van der Waals surface area (Å²) in [6, 6.07) is 0. The first-order chi connectivity index (χ1) is 10.3. The van der Waals surface area contributed by atoms with Crippen LogP contribution in [0, 0.1) is 0 Å². The fraction of sp³-hybridized carbons (Fsp3) is 0.550. The van der Waals surface area contributed by atoms with Gasteiger partial charge in [-0.1, -0.05) is 0 Å². The third-order valence-corrected chi connectivity index (χ3v) is 9.11. The topological polar surface area (TPSA) is 0 Å². The molecule has 3 heteroatoms. The number of rotatable bonds is 4. The summed E-state index contributed by atoms with van der Waals surface area (Å²) in [5.41, 5.74) is 6.83. The van der Waals surface area contributed by atoms with Crippen LogP contribution in [-0.4, -0.2) is 3.21 Å². The summed E-state index contributed by atoms with van der Waals surface area (Å²) in [7, 11) is 0. The number of hydrogen-bond donors (Lipinski definition) is 0. The second-order valence-corrected chi connectivity index (χ2v) is 10.2. The molecule has 0 spiro atoms. The van der Waals surface area contributed by atoms with E-state index in [1.54, 1.807) is 22.3 Å². The van der Waals surface area contributed by atoms with E-state index in [1.807, 2.05) is 6.49 Å². The van der Waals surface area contributed by atoms with E-state index in [1.165, 1.54) is 57.8 Å². The van der Waals surface area contributed by atoms with Crippen LogP contribution in [0.1, 0.15) is 71.6 Å². The second-order valence-electron chi connectivity index (χ2n) is 6.41. The van der Waals surface area contributed by atoms with E-state index in [0.29, 0.717) is 0 Å². The van der Waals surface area contributed by atoms with Gasteiger partial charge in [0.15, 0.2) is 0 Å². The number of halogens is 2. The van der Waals surface area contributed by atoms with Gasteiger partial charge in [0.05, 0.1) is 0 Å². The van der Waals surface area contributed by atoms with E-state index in [0.717, 1.165) is 0 Å². The van der Waals surface area contributed by atoms with Crippen LogP contribution >= 0.6 is 24.8 Å². The molecular weight excluding hydrogens is 402 g/mol. The average Bonchev–Trinajstić information content (AvgIpc) is 3.15. The first-order valence-corrected chi connectivity index (χ1v) is 11.2. The van der Waals surface area contributed by atoms with Crippen molar-refractivity contribution >= 4 is 28.0 Å². The van der Waals surface area contributed by atoms with Gasteiger partial charge in [0.2, 0.25) is 0 Å². The van der Waals surface area contributed by atoms with Gasteiger partial charge in [0, 0.05) is 0 Å². The molecule has 0 unspecified atom stereocenters. The van der Waals surface area contributed by atoms with Crippen LogP contribution in [-0.2, 0) is 22.8 Å². The molecule has 0 aromatic carbocycles. The van der Waals surface area contributed by atoms with Gasteiger partial charge >= 0.3 is 141 Å². The van der Waals surface area contributed by atoms with Crippen molar-refractivity contribution in [1.82, 2.24) is 0 Å². The maximum Gasteiger partial charge on any atom is -0.147 e. The van der Waals surface area contributed by atoms with Gasteiger partial charge in [-0.2, -0.15) is 0 Å². The van der Waals surface area contributed by atoms with E-state index in [4.69, 9.17) is 0 Å². The molecule has 3 aliphatic carbocycles.